The number of para-hydroxylation sites is 2. The van der Waals surface area contributed by atoms with Gasteiger partial charge in [0.05, 0.1) is 46.8 Å². The molecule has 0 saturated heterocycles. The van der Waals surface area contributed by atoms with E-state index < -0.39 is 0 Å². The standard InChI is InChI=1S/C45H25N5/c1-47-31-19-24-43-40(26-31)37-12-5-7-13-41(37)49(43)33-20-16-30(17-21-33)34-9-3-4-10-35(34)38-22-18-32(48-2)27-45(38)50-42-14-8-6-11-36(42)39-25-29(28-46)15-23-44(39)50/h3-27H. The molecule has 0 radical (unpaired) electrons. The highest BCUT2D eigenvalue weighted by molar-refractivity contribution is 6.11. The lowest BCUT2D eigenvalue weighted by molar-refractivity contribution is 1.18. The first-order chi connectivity index (χ1) is 24.7. The van der Waals surface area contributed by atoms with Gasteiger partial charge in [0.15, 0.2) is 11.4 Å². The van der Waals surface area contributed by atoms with E-state index in [1.54, 1.807) is 0 Å². The molecule has 9 aromatic rings. The van der Waals surface area contributed by atoms with E-state index in [9.17, 15) is 5.26 Å². The molecule has 2 heterocycles. The molecule has 2 aromatic heterocycles. The van der Waals surface area contributed by atoms with Gasteiger partial charge in [-0.1, -0.05) is 91.0 Å². The van der Waals surface area contributed by atoms with Crippen molar-refractivity contribution in [1.82, 2.24) is 9.13 Å². The van der Waals surface area contributed by atoms with Crippen molar-refractivity contribution in [3.05, 3.63) is 180 Å². The second-order valence-electron chi connectivity index (χ2n) is 12.3. The zero-order valence-electron chi connectivity index (χ0n) is 26.7. The van der Waals surface area contributed by atoms with Gasteiger partial charge in [-0.25, -0.2) is 9.69 Å². The van der Waals surface area contributed by atoms with Crippen LogP contribution in [0, 0.1) is 24.5 Å². The normalized spacial score (nSPS) is 11.1. The molecule has 0 aliphatic carbocycles. The van der Waals surface area contributed by atoms with Crippen LogP contribution in [0.4, 0.5) is 11.4 Å². The average Bonchev–Trinajstić information content (AvgIpc) is 3.69. The summed E-state index contributed by atoms with van der Waals surface area (Å²) in [5, 5.41) is 13.9. The van der Waals surface area contributed by atoms with Gasteiger partial charge < -0.3 is 9.13 Å². The van der Waals surface area contributed by atoms with Gasteiger partial charge in [-0.15, -0.1) is 0 Å². The lowest BCUT2D eigenvalue weighted by Crippen LogP contribution is -1.98. The smallest absolute Gasteiger partial charge is 0.189 e. The van der Waals surface area contributed by atoms with E-state index in [0.717, 1.165) is 77.2 Å². The summed E-state index contributed by atoms with van der Waals surface area (Å²) >= 11 is 0. The van der Waals surface area contributed by atoms with Crippen LogP contribution in [0.15, 0.2) is 152 Å². The Morgan fingerprint density at radius 2 is 1.02 bits per heavy atom. The van der Waals surface area contributed by atoms with Crippen molar-refractivity contribution in [1.29, 1.82) is 5.26 Å². The molecule has 5 nitrogen and oxygen atoms in total. The number of fused-ring (bicyclic) bond motifs is 6. The van der Waals surface area contributed by atoms with Crippen LogP contribution in [0.3, 0.4) is 0 Å². The molecule has 0 saturated carbocycles. The predicted molar refractivity (Wildman–Crippen MR) is 203 cm³/mol. The highest BCUT2D eigenvalue weighted by atomic mass is 15.0. The van der Waals surface area contributed by atoms with Crippen LogP contribution in [-0.4, -0.2) is 9.13 Å². The molecule has 0 bridgehead atoms. The van der Waals surface area contributed by atoms with Gasteiger partial charge in [-0.3, -0.25) is 0 Å². The third-order valence-corrected chi connectivity index (χ3v) is 9.59. The number of aromatic nitrogens is 2. The lowest BCUT2D eigenvalue weighted by Gasteiger charge is -2.18. The minimum Gasteiger partial charge on any atom is -0.310 e. The lowest BCUT2D eigenvalue weighted by atomic mass is 9.93. The van der Waals surface area contributed by atoms with Crippen molar-refractivity contribution in [3.8, 4) is 39.7 Å². The van der Waals surface area contributed by atoms with Gasteiger partial charge in [-0.2, -0.15) is 5.26 Å². The number of nitriles is 1. The average molecular weight is 636 g/mol. The fraction of sp³-hybridized carbons (Fsp3) is 0. The maximum absolute atomic E-state index is 9.68. The van der Waals surface area contributed by atoms with Crippen molar-refractivity contribution in [2.75, 3.05) is 0 Å². The summed E-state index contributed by atoms with van der Waals surface area (Å²) in [4.78, 5) is 7.48. The zero-order valence-corrected chi connectivity index (χ0v) is 26.7. The Bertz CT molecular complexity index is 2960. The van der Waals surface area contributed by atoms with Gasteiger partial charge in [-0.05, 0) is 82.7 Å². The topological polar surface area (TPSA) is 42.4 Å². The van der Waals surface area contributed by atoms with E-state index in [2.05, 4.69) is 110 Å². The Balaban J connectivity index is 1.22. The van der Waals surface area contributed by atoms with E-state index in [1.807, 2.05) is 66.7 Å². The number of benzene rings is 7. The van der Waals surface area contributed by atoms with Crippen LogP contribution in [-0.2, 0) is 0 Å². The van der Waals surface area contributed by atoms with E-state index in [0.29, 0.717) is 16.9 Å². The Morgan fingerprint density at radius 3 is 1.74 bits per heavy atom. The van der Waals surface area contributed by atoms with Crippen LogP contribution in [0.5, 0.6) is 0 Å². The molecule has 5 heteroatoms. The predicted octanol–water partition coefficient (Wildman–Crippen LogP) is 12.2. The third kappa shape index (κ3) is 4.38. The van der Waals surface area contributed by atoms with Gasteiger partial charge >= 0.3 is 0 Å². The summed E-state index contributed by atoms with van der Waals surface area (Å²) < 4.78 is 4.48. The van der Waals surface area contributed by atoms with Crippen molar-refractivity contribution in [3.63, 3.8) is 0 Å². The number of rotatable bonds is 4. The van der Waals surface area contributed by atoms with E-state index in [1.165, 1.54) is 0 Å². The molecule has 0 aliphatic heterocycles. The van der Waals surface area contributed by atoms with Crippen LogP contribution < -0.4 is 0 Å². The molecule has 0 spiro atoms. The molecule has 0 unspecified atom stereocenters. The van der Waals surface area contributed by atoms with Gasteiger partial charge in [0.2, 0.25) is 0 Å². The summed E-state index contributed by atoms with van der Waals surface area (Å²) in [6.07, 6.45) is 0. The molecule has 7 aromatic carbocycles. The molecule has 9 rings (SSSR count). The number of hydrogen-bond acceptors (Lipinski definition) is 1. The summed E-state index contributed by atoms with van der Waals surface area (Å²) in [6.45, 7) is 15.4. The summed E-state index contributed by atoms with van der Waals surface area (Å²) in [6, 6.07) is 53.5. The Hall–Kier alpha value is -7.39. The molecule has 50 heavy (non-hydrogen) atoms. The van der Waals surface area contributed by atoms with E-state index in [4.69, 9.17) is 13.1 Å². The van der Waals surface area contributed by atoms with Gasteiger partial charge in [0.1, 0.15) is 0 Å². The SMILES string of the molecule is [C-]#[N+]c1ccc(-c2ccccc2-c2ccc(-n3c4ccccc4c4cc([N+]#[C-])ccc43)cc2)c(-n2c3ccccc3c3cc(C#N)ccc32)c1. The maximum Gasteiger partial charge on any atom is 0.189 e. The molecule has 0 aliphatic rings. The molecule has 230 valence electrons. The molecule has 0 amide bonds. The third-order valence-electron chi connectivity index (χ3n) is 9.59. The highest BCUT2D eigenvalue weighted by Gasteiger charge is 2.19. The number of hydrogen-bond donors (Lipinski definition) is 0. The monoisotopic (exact) mass is 635 g/mol. The second-order valence-corrected chi connectivity index (χ2v) is 12.3. The second kappa shape index (κ2) is 11.4. The fourth-order valence-corrected chi connectivity index (χ4v) is 7.37. The Morgan fingerprint density at radius 1 is 0.460 bits per heavy atom. The van der Waals surface area contributed by atoms with Gasteiger partial charge in [0.25, 0.3) is 0 Å². The van der Waals surface area contributed by atoms with Crippen molar-refractivity contribution >= 4 is 55.0 Å². The maximum atomic E-state index is 9.68. The first-order valence-corrected chi connectivity index (χ1v) is 16.2. The molecule has 0 atom stereocenters. The molecular weight excluding hydrogens is 611 g/mol. The molecular formula is C45H25N5. The van der Waals surface area contributed by atoms with Crippen LogP contribution in [0.2, 0.25) is 0 Å². The van der Waals surface area contributed by atoms with Crippen molar-refractivity contribution < 1.29 is 0 Å². The van der Waals surface area contributed by atoms with E-state index in [-0.39, 0.29) is 0 Å². The highest BCUT2D eigenvalue weighted by Crippen LogP contribution is 2.42. The minimum atomic E-state index is 0.555. The van der Waals surface area contributed by atoms with Crippen LogP contribution in [0.1, 0.15) is 5.56 Å². The summed E-state index contributed by atoms with van der Waals surface area (Å²) in [7, 11) is 0. The van der Waals surface area contributed by atoms with Gasteiger partial charge in [0, 0.05) is 33.1 Å². The first-order valence-electron chi connectivity index (χ1n) is 16.2. The summed E-state index contributed by atoms with van der Waals surface area (Å²) in [5.41, 5.74) is 12.1. The number of nitrogens with zero attached hydrogens (tertiary/aromatic N) is 5. The Kier molecular flexibility index (Phi) is 6.56. The zero-order chi connectivity index (χ0) is 33.8. The fourth-order valence-electron chi connectivity index (χ4n) is 7.37. The molecule has 0 N–H and O–H groups in total. The Labute approximate surface area is 288 Å². The van der Waals surface area contributed by atoms with Crippen molar-refractivity contribution in [2.24, 2.45) is 0 Å². The van der Waals surface area contributed by atoms with Crippen molar-refractivity contribution in [2.45, 2.75) is 0 Å². The quantitative estimate of drug-likeness (QED) is 0.177. The largest absolute Gasteiger partial charge is 0.310 e. The minimum absolute atomic E-state index is 0.555. The van der Waals surface area contributed by atoms with E-state index >= 15 is 0 Å². The first kappa shape index (κ1) is 28.8. The molecule has 0 fully saturated rings. The van der Waals surface area contributed by atoms with Crippen LogP contribution >= 0.6 is 0 Å². The summed E-state index contributed by atoms with van der Waals surface area (Å²) in [5.74, 6) is 0. The van der Waals surface area contributed by atoms with Crippen LogP contribution in [0.25, 0.3) is 86.9 Å².